The number of aromatic nitrogens is 1. The van der Waals surface area contributed by atoms with Crippen LogP contribution in [0.2, 0.25) is 0 Å². The Bertz CT molecular complexity index is 353. The average molecular weight is 196 g/mol. The minimum atomic E-state index is -0.544. The van der Waals surface area contributed by atoms with Gasteiger partial charge in [-0.15, -0.1) is 0 Å². The highest BCUT2D eigenvalue weighted by Crippen LogP contribution is 2.21. The summed E-state index contributed by atoms with van der Waals surface area (Å²) in [5.41, 5.74) is 5.28. The van der Waals surface area contributed by atoms with E-state index in [9.17, 15) is 10.1 Å². The van der Waals surface area contributed by atoms with Crippen LogP contribution in [0.5, 0.6) is 0 Å². The Morgan fingerprint density at radius 2 is 2.29 bits per heavy atom. The van der Waals surface area contributed by atoms with Gasteiger partial charge in [-0.05, 0) is 13.0 Å². The van der Waals surface area contributed by atoms with Crippen LogP contribution in [-0.4, -0.2) is 23.5 Å². The van der Waals surface area contributed by atoms with Crippen molar-refractivity contribution in [3.05, 3.63) is 22.2 Å². The Balaban J connectivity index is 3.06. The van der Waals surface area contributed by atoms with Crippen molar-refractivity contribution >= 4 is 17.3 Å². The summed E-state index contributed by atoms with van der Waals surface area (Å²) in [6, 6.07) is 2.95. The van der Waals surface area contributed by atoms with Crippen molar-refractivity contribution in [2.75, 3.05) is 24.2 Å². The van der Waals surface area contributed by atoms with Gasteiger partial charge in [-0.2, -0.15) is 0 Å². The molecule has 0 aromatic carbocycles. The lowest BCUT2D eigenvalue weighted by molar-refractivity contribution is -0.384. The van der Waals surface area contributed by atoms with E-state index in [-0.39, 0.29) is 11.5 Å². The van der Waals surface area contributed by atoms with Crippen molar-refractivity contribution < 1.29 is 4.92 Å². The van der Waals surface area contributed by atoms with Crippen LogP contribution >= 0.6 is 0 Å². The summed E-state index contributed by atoms with van der Waals surface area (Å²) in [6.07, 6.45) is 0. The lowest BCUT2D eigenvalue weighted by Crippen LogP contribution is -2.17. The second-order valence-corrected chi connectivity index (χ2v) is 2.85. The summed E-state index contributed by atoms with van der Waals surface area (Å²) < 4.78 is 0. The first-order valence-corrected chi connectivity index (χ1v) is 4.18. The first kappa shape index (κ1) is 10.2. The van der Waals surface area contributed by atoms with Crippen LogP contribution in [0.15, 0.2) is 12.1 Å². The smallest absolute Gasteiger partial charge is 0.311 e. The monoisotopic (exact) mass is 196 g/mol. The summed E-state index contributed by atoms with van der Waals surface area (Å²) in [4.78, 5) is 15.7. The Labute approximate surface area is 81.5 Å². The predicted molar refractivity (Wildman–Crippen MR) is 54.2 cm³/mol. The predicted octanol–water partition coefficient (Wildman–Crippen LogP) is 1.03. The maximum absolute atomic E-state index is 10.4. The van der Waals surface area contributed by atoms with E-state index < -0.39 is 4.92 Å². The third-order valence-electron chi connectivity index (χ3n) is 1.95. The Morgan fingerprint density at radius 3 is 2.71 bits per heavy atom. The third-order valence-corrected chi connectivity index (χ3v) is 1.95. The van der Waals surface area contributed by atoms with Gasteiger partial charge in [0.1, 0.15) is 5.82 Å². The van der Waals surface area contributed by atoms with Crippen molar-refractivity contribution in [2.45, 2.75) is 6.92 Å². The molecule has 0 unspecified atom stereocenters. The molecule has 6 nitrogen and oxygen atoms in total. The molecular formula is C8H12N4O2. The maximum atomic E-state index is 10.4. The van der Waals surface area contributed by atoms with Gasteiger partial charge in [0.05, 0.1) is 4.92 Å². The molecule has 0 aliphatic heterocycles. The van der Waals surface area contributed by atoms with Crippen LogP contribution < -0.4 is 10.6 Å². The van der Waals surface area contributed by atoms with Gasteiger partial charge in [-0.3, -0.25) is 10.1 Å². The summed E-state index contributed by atoms with van der Waals surface area (Å²) in [5.74, 6) is 0.586. The number of nitrogen functional groups attached to an aromatic ring is 1. The topological polar surface area (TPSA) is 85.3 Å². The number of rotatable bonds is 3. The molecule has 0 saturated heterocycles. The quantitative estimate of drug-likeness (QED) is 0.576. The zero-order chi connectivity index (χ0) is 10.7. The van der Waals surface area contributed by atoms with E-state index in [0.717, 1.165) is 6.54 Å². The van der Waals surface area contributed by atoms with Crippen molar-refractivity contribution in [1.82, 2.24) is 4.98 Å². The normalized spacial score (nSPS) is 9.86. The average Bonchev–Trinajstić information content (AvgIpc) is 2.15. The third kappa shape index (κ3) is 1.90. The first-order chi connectivity index (χ1) is 6.56. The molecular weight excluding hydrogens is 184 g/mol. The van der Waals surface area contributed by atoms with Gasteiger partial charge in [0.2, 0.25) is 5.82 Å². The van der Waals surface area contributed by atoms with Crippen LogP contribution in [-0.2, 0) is 0 Å². The van der Waals surface area contributed by atoms with Crippen molar-refractivity contribution in [2.24, 2.45) is 0 Å². The maximum Gasteiger partial charge on any atom is 0.311 e. The second-order valence-electron chi connectivity index (χ2n) is 2.85. The SMILES string of the molecule is CCN(C)c1ccc([N+](=O)[O-])c(N)n1. The van der Waals surface area contributed by atoms with Crippen molar-refractivity contribution in [3.63, 3.8) is 0 Å². The van der Waals surface area contributed by atoms with Gasteiger partial charge in [0.15, 0.2) is 0 Å². The van der Waals surface area contributed by atoms with E-state index in [1.54, 1.807) is 6.07 Å². The Hall–Kier alpha value is -1.85. The molecule has 0 spiro atoms. The molecule has 0 aliphatic carbocycles. The molecule has 0 radical (unpaired) electrons. The summed E-state index contributed by atoms with van der Waals surface area (Å²) in [6.45, 7) is 2.73. The van der Waals surface area contributed by atoms with Crippen LogP contribution in [0.25, 0.3) is 0 Å². The molecule has 1 aromatic rings. The van der Waals surface area contributed by atoms with Crippen molar-refractivity contribution in [3.8, 4) is 0 Å². The summed E-state index contributed by atoms with van der Waals surface area (Å²) in [5, 5.41) is 10.4. The van der Waals surface area contributed by atoms with E-state index in [1.165, 1.54) is 6.07 Å². The number of nitrogens with two attached hydrogens (primary N) is 1. The molecule has 0 amide bonds. The molecule has 14 heavy (non-hydrogen) atoms. The van der Waals surface area contributed by atoms with Gasteiger partial charge in [-0.25, -0.2) is 4.98 Å². The van der Waals surface area contributed by atoms with E-state index in [2.05, 4.69) is 4.98 Å². The van der Waals surface area contributed by atoms with Gasteiger partial charge >= 0.3 is 5.69 Å². The van der Waals surface area contributed by atoms with Gasteiger partial charge < -0.3 is 10.6 Å². The number of hydrogen-bond acceptors (Lipinski definition) is 5. The van der Waals surface area contributed by atoms with Gasteiger partial charge in [0.25, 0.3) is 0 Å². The lowest BCUT2D eigenvalue weighted by Gasteiger charge is -2.15. The number of anilines is 2. The molecule has 1 aromatic heterocycles. The highest BCUT2D eigenvalue weighted by molar-refractivity contribution is 5.57. The van der Waals surface area contributed by atoms with Gasteiger partial charge in [-0.1, -0.05) is 0 Å². The van der Waals surface area contributed by atoms with Crippen LogP contribution in [0.4, 0.5) is 17.3 Å². The fraction of sp³-hybridized carbons (Fsp3) is 0.375. The molecule has 0 fully saturated rings. The number of hydrogen-bond donors (Lipinski definition) is 1. The molecule has 0 atom stereocenters. The number of pyridine rings is 1. The number of nitrogens with zero attached hydrogens (tertiary/aromatic N) is 3. The Morgan fingerprint density at radius 1 is 1.64 bits per heavy atom. The standard InChI is InChI=1S/C8H12N4O2/c1-3-11(2)7-5-4-6(12(13)14)8(9)10-7/h4-5H,3H2,1-2H3,(H2,9,10). The van der Waals surface area contributed by atoms with Crippen LogP contribution in [0, 0.1) is 10.1 Å². The fourth-order valence-electron chi connectivity index (χ4n) is 0.986. The molecule has 1 heterocycles. The molecule has 2 N–H and O–H groups in total. The molecule has 0 saturated carbocycles. The van der Waals surface area contributed by atoms with E-state index in [1.807, 2.05) is 18.9 Å². The zero-order valence-electron chi connectivity index (χ0n) is 8.10. The molecule has 76 valence electrons. The highest BCUT2D eigenvalue weighted by atomic mass is 16.6. The van der Waals surface area contributed by atoms with Crippen LogP contribution in [0.3, 0.4) is 0 Å². The lowest BCUT2D eigenvalue weighted by atomic mass is 10.3. The minimum absolute atomic E-state index is 0.0483. The first-order valence-electron chi connectivity index (χ1n) is 4.18. The van der Waals surface area contributed by atoms with E-state index in [0.29, 0.717) is 5.82 Å². The summed E-state index contributed by atoms with van der Waals surface area (Å²) >= 11 is 0. The van der Waals surface area contributed by atoms with Gasteiger partial charge in [0, 0.05) is 19.7 Å². The molecule has 0 bridgehead atoms. The number of nitro groups is 1. The van der Waals surface area contributed by atoms with E-state index >= 15 is 0 Å². The highest BCUT2D eigenvalue weighted by Gasteiger charge is 2.13. The van der Waals surface area contributed by atoms with Crippen molar-refractivity contribution in [1.29, 1.82) is 0 Å². The fourth-order valence-corrected chi connectivity index (χ4v) is 0.986. The molecule has 1 rings (SSSR count). The minimum Gasteiger partial charge on any atom is -0.378 e. The van der Waals surface area contributed by atoms with E-state index in [4.69, 9.17) is 5.73 Å². The largest absolute Gasteiger partial charge is 0.378 e. The Kier molecular flexibility index (Phi) is 2.85. The second kappa shape index (κ2) is 3.91. The zero-order valence-corrected chi connectivity index (χ0v) is 8.10. The van der Waals surface area contributed by atoms with Crippen LogP contribution in [0.1, 0.15) is 6.92 Å². The molecule has 6 heteroatoms. The summed E-state index contributed by atoms with van der Waals surface area (Å²) in [7, 11) is 1.84. The molecule has 0 aliphatic rings.